The van der Waals surface area contributed by atoms with Crippen LogP contribution >= 0.6 is 0 Å². The van der Waals surface area contributed by atoms with Crippen molar-refractivity contribution in [2.75, 3.05) is 13.7 Å². The van der Waals surface area contributed by atoms with Crippen molar-refractivity contribution >= 4 is 5.78 Å². The molecule has 0 aliphatic heterocycles. The molecule has 0 N–H and O–H groups in total. The van der Waals surface area contributed by atoms with E-state index in [0.717, 1.165) is 5.75 Å². The van der Waals surface area contributed by atoms with Crippen LogP contribution in [0.4, 0.5) is 0 Å². The van der Waals surface area contributed by atoms with Crippen LogP contribution in [0.2, 0.25) is 0 Å². The number of nitriles is 1. The van der Waals surface area contributed by atoms with E-state index in [-0.39, 0.29) is 12.4 Å². The number of ether oxygens (including phenoxy) is 2. The van der Waals surface area contributed by atoms with Gasteiger partial charge in [0.05, 0.1) is 13.2 Å². The number of carbonyl (C=O) groups is 1. The fourth-order valence-electron chi connectivity index (χ4n) is 1.06. The summed E-state index contributed by atoms with van der Waals surface area (Å²) in [5, 5.41) is 8.79. The molecule has 17 heavy (non-hydrogen) atoms. The van der Waals surface area contributed by atoms with E-state index >= 15 is 0 Å². The van der Waals surface area contributed by atoms with Gasteiger partial charge in [0.1, 0.15) is 23.5 Å². The number of rotatable bonds is 5. The Morgan fingerprint density at radius 3 is 2.29 bits per heavy atom. The van der Waals surface area contributed by atoms with Crippen LogP contribution in [0.25, 0.3) is 0 Å². The molecule has 4 heteroatoms. The van der Waals surface area contributed by atoms with Crippen LogP contribution in [0.15, 0.2) is 24.3 Å². The van der Waals surface area contributed by atoms with Crippen LogP contribution in [0, 0.1) is 16.7 Å². The Balaban J connectivity index is 2.57. The Morgan fingerprint density at radius 1 is 1.29 bits per heavy atom. The lowest BCUT2D eigenvalue weighted by atomic mass is 9.90. The van der Waals surface area contributed by atoms with Crippen LogP contribution in [0.5, 0.6) is 11.5 Å². The Kier molecular flexibility index (Phi) is 4.11. The Labute approximate surface area is 101 Å². The highest BCUT2D eigenvalue weighted by Crippen LogP contribution is 2.19. The zero-order valence-electron chi connectivity index (χ0n) is 10.2. The molecule has 0 aliphatic carbocycles. The Hall–Kier alpha value is -2.02. The lowest BCUT2D eigenvalue weighted by molar-refractivity contribution is -0.126. The monoisotopic (exact) mass is 233 g/mol. The Bertz CT molecular complexity index is 429. The van der Waals surface area contributed by atoms with Gasteiger partial charge in [-0.25, -0.2) is 0 Å². The third-order valence-electron chi connectivity index (χ3n) is 2.41. The molecular formula is C13H15NO3. The van der Waals surface area contributed by atoms with E-state index in [2.05, 4.69) is 0 Å². The van der Waals surface area contributed by atoms with E-state index in [1.807, 2.05) is 6.07 Å². The van der Waals surface area contributed by atoms with Gasteiger partial charge in [0.15, 0.2) is 5.78 Å². The molecule has 1 rings (SSSR count). The van der Waals surface area contributed by atoms with E-state index < -0.39 is 5.41 Å². The van der Waals surface area contributed by atoms with Crippen molar-refractivity contribution in [3.8, 4) is 17.6 Å². The van der Waals surface area contributed by atoms with E-state index in [1.165, 1.54) is 0 Å². The number of methoxy groups -OCH3 is 1. The van der Waals surface area contributed by atoms with Crippen LogP contribution in [0.1, 0.15) is 13.8 Å². The van der Waals surface area contributed by atoms with E-state index in [1.54, 1.807) is 45.2 Å². The fraction of sp³-hybridized carbons (Fsp3) is 0.385. The molecule has 0 heterocycles. The number of benzene rings is 1. The van der Waals surface area contributed by atoms with Crippen molar-refractivity contribution in [1.82, 2.24) is 0 Å². The fourth-order valence-corrected chi connectivity index (χ4v) is 1.06. The van der Waals surface area contributed by atoms with E-state index in [0.29, 0.717) is 5.75 Å². The summed E-state index contributed by atoms with van der Waals surface area (Å²) in [6, 6.07) is 8.86. The lowest BCUT2D eigenvalue weighted by Crippen LogP contribution is -2.27. The molecule has 1 aromatic rings. The van der Waals surface area contributed by atoms with Gasteiger partial charge in [-0.1, -0.05) is 0 Å². The maximum absolute atomic E-state index is 11.6. The summed E-state index contributed by atoms with van der Waals surface area (Å²) < 4.78 is 10.3. The Morgan fingerprint density at radius 2 is 1.82 bits per heavy atom. The van der Waals surface area contributed by atoms with Crippen LogP contribution in [-0.4, -0.2) is 19.5 Å². The maximum atomic E-state index is 11.6. The standard InChI is InChI=1S/C13H15NO3/c1-13(2,9-14)12(15)8-17-11-6-4-10(16-3)5-7-11/h4-7H,8H2,1-3H3. The number of carbonyl (C=O) groups excluding carboxylic acids is 1. The second-order valence-electron chi connectivity index (χ2n) is 4.12. The van der Waals surface area contributed by atoms with E-state index in [4.69, 9.17) is 14.7 Å². The smallest absolute Gasteiger partial charge is 0.189 e. The maximum Gasteiger partial charge on any atom is 0.189 e. The number of hydrogen-bond donors (Lipinski definition) is 0. The molecule has 0 aromatic heterocycles. The third-order valence-corrected chi connectivity index (χ3v) is 2.41. The van der Waals surface area contributed by atoms with Gasteiger partial charge in [0.2, 0.25) is 0 Å². The highest BCUT2D eigenvalue weighted by Gasteiger charge is 2.27. The predicted octanol–water partition coefficient (Wildman–Crippen LogP) is 2.19. The number of hydrogen-bond acceptors (Lipinski definition) is 4. The zero-order chi connectivity index (χ0) is 12.9. The molecule has 4 nitrogen and oxygen atoms in total. The topological polar surface area (TPSA) is 59.3 Å². The first-order valence-electron chi connectivity index (χ1n) is 5.21. The van der Waals surface area contributed by atoms with Gasteiger partial charge in [-0.3, -0.25) is 4.79 Å². The SMILES string of the molecule is COc1ccc(OCC(=O)C(C)(C)C#N)cc1. The van der Waals surface area contributed by atoms with E-state index in [9.17, 15) is 4.79 Å². The third kappa shape index (κ3) is 3.49. The molecule has 0 saturated heterocycles. The summed E-state index contributed by atoms with van der Waals surface area (Å²) in [6.07, 6.45) is 0. The van der Waals surface area contributed by atoms with Crippen LogP contribution < -0.4 is 9.47 Å². The molecule has 0 atom stereocenters. The van der Waals surface area contributed by atoms with Crippen LogP contribution in [0.3, 0.4) is 0 Å². The average Bonchev–Trinajstić information content (AvgIpc) is 2.36. The lowest BCUT2D eigenvalue weighted by Gasteiger charge is -2.14. The van der Waals surface area contributed by atoms with Gasteiger partial charge in [-0.2, -0.15) is 5.26 Å². The summed E-state index contributed by atoms with van der Waals surface area (Å²) in [7, 11) is 1.58. The average molecular weight is 233 g/mol. The normalized spacial score (nSPS) is 10.5. The van der Waals surface area contributed by atoms with Gasteiger partial charge in [-0.05, 0) is 38.1 Å². The molecule has 1 aromatic carbocycles. The molecule has 0 spiro atoms. The van der Waals surface area contributed by atoms with Crippen LogP contribution in [-0.2, 0) is 4.79 Å². The molecule has 90 valence electrons. The summed E-state index contributed by atoms with van der Waals surface area (Å²) in [5.41, 5.74) is -1.01. The summed E-state index contributed by atoms with van der Waals surface area (Å²) in [4.78, 5) is 11.6. The highest BCUT2D eigenvalue weighted by atomic mass is 16.5. The quantitative estimate of drug-likeness (QED) is 0.782. The second-order valence-corrected chi connectivity index (χ2v) is 4.12. The second kappa shape index (κ2) is 5.35. The zero-order valence-corrected chi connectivity index (χ0v) is 10.2. The number of ketones is 1. The largest absolute Gasteiger partial charge is 0.497 e. The van der Waals surface area contributed by atoms with Crippen molar-refractivity contribution in [1.29, 1.82) is 5.26 Å². The van der Waals surface area contributed by atoms with Gasteiger partial charge >= 0.3 is 0 Å². The minimum absolute atomic E-state index is 0.104. The summed E-state index contributed by atoms with van der Waals surface area (Å²) in [5.74, 6) is 1.06. The molecule has 0 unspecified atom stereocenters. The van der Waals surface area contributed by atoms with Crippen molar-refractivity contribution in [2.45, 2.75) is 13.8 Å². The van der Waals surface area contributed by atoms with Crippen molar-refractivity contribution in [3.63, 3.8) is 0 Å². The highest BCUT2D eigenvalue weighted by molar-refractivity contribution is 5.87. The molecular weight excluding hydrogens is 218 g/mol. The first kappa shape index (κ1) is 13.0. The summed E-state index contributed by atoms with van der Waals surface area (Å²) in [6.45, 7) is 3.05. The van der Waals surface area contributed by atoms with Gasteiger partial charge in [-0.15, -0.1) is 0 Å². The minimum atomic E-state index is -1.01. The molecule has 0 radical (unpaired) electrons. The molecule has 0 aliphatic rings. The first-order valence-corrected chi connectivity index (χ1v) is 5.21. The predicted molar refractivity (Wildman–Crippen MR) is 62.9 cm³/mol. The summed E-state index contributed by atoms with van der Waals surface area (Å²) >= 11 is 0. The number of Topliss-reactive ketones (excluding diaryl/α,β-unsaturated/α-hetero) is 1. The van der Waals surface area contributed by atoms with Gasteiger partial charge < -0.3 is 9.47 Å². The van der Waals surface area contributed by atoms with Crippen molar-refractivity contribution in [2.24, 2.45) is 5.41 Å². The number of nitrogens with zero attached hydrogens (tertiary/aromatic N) is 1. The van der Waals surface area contributed by atoms with Crippen molar-refractivity contribution < 1.29 is 14.3 Å². The van der Waals surface area contributed by atoms with Gasteiger partial charge in [0, 0.05) is 0 Å². The molecule has 0 fully saturated rings. The molecule has 0 amide bonds. The van der Waals surface area contributed by atoms with Gasteiger partial charge in [0.25, 0.3) is 0 Å². The minimum Gasteiger partial charge on any atom is -0.497 e. The van der Waals surface area contributed by atoms with Crippen molar-refractivity contribution in [3.05, 3.63) is 24.3 Å². The first-order chi connectivity index (χ1) is 7.99. The molecule has 0 saturated carbocycles. The molecule has 0 bridgehead atoms.